The Kier molecular flexibility index (Phi) is 5.61. The first-order chi connectivity index (χ1) is 9.33. The number of hydrogen-bond acceptors (Lipinski definition) is 4. The molecule has 0 spiro atoms. The fraction of sp³-hybridized carbons (Fsp3) is 0.667. The number of aromatic nitrogens is 1. The summed E-state index contributed by atoms with van der Waals surface area (Å²) in [5.41, 5.74) is 1.08. The van der Waals surface area contributed by atoms with Gasteiger partial charge in [0.05, 0.1) is 12.3 Å². The van der Waals surface area contributed by atoms with Crippen LogP contribution in [0.25, 0.3) is 0 Å². The molecule has 0 amide bonds. The standard InChI is InChI=1S/C15H25N3O/c1-2-9-16-15-8-3-5-13(17-15)12-18(10-11-19)14-6-4-7-14/h3,5,8,14,19H,2,4,6-7,9-12H2,1H3,(H,16,17). The van der Waals surface area contributed by atoms with E-state index in [1.54, 1.807) is 0 Å². The zero-order valence-electron chi connectivity index (χ0n) is 11.8. The highest BCUT2D eigenvalue weighted by atomic mass is 16.3. The third-order valence-corrected chi connectivity index (χ3v) is 3.71. The highest BCUT2D eigenvalue weighted by Crippen LogP contribution is 2.25. The Morgan fingerprint density at radius 3 is 2.89 bits per heavy atom. The van der Waals surface area contributed by atoms with Crippen LogP contribution >= 0.6 is 0 Å². The Morgan fingerprint density at radius 2 is 2.26 bits per heavy atom. The lowest BCUT2D eigenvalue weighted by molar-refractivity contribution is 0.0934. The molecule has 0 aliphatic heterocycles. The predicted molar refractivity (Wildman–Crippen MR) is 78.2 cm³/mol. The highest BCUT2D eigenvalue weighted by molar-refractivity contribution is 5.35. The van der Waals surface area contributed by atoms with Crippen molar-refractivity contribution in [3.63, 3.8) is 0 Å². The van der Waals surface area contributed by atoms with Crippen LogP contribution in [0, 0.1) is 0 Å². The van der Waals surface area contributed by atoms with Gasteiger partial charge in [0.1, 0.15) is 5.82 Å². The monoisotopic (exact) mass is 263 g/mol. The molecular formula is C15H25N3O. The topological polar surface area (TPSA) is 48.4 Å². The van der Waals surface area contributed by atoms with Crippen molar-refractivity contribution < 1.29 is 5.11 Å². The number of aliphatic hydroxyl groups is 1. The molecule has 2 N–H and O–H groups in total. The van der Waals surface area contributed by atoms with Gasteiger partial charge < -0.3 is 10.4 Å². The fourth-order valence-electron chi connectivity index (χ4n) is 2.40. The lowest BCUT2D eigenvalue weighted by Crippen LogP contribution is -2.41. The molecule has 1 aromatic heterocycles. The molecule has 0 saturated heterocycles. The average Bonchev–Trinajstić information content (AvgIpc) is 2.35. The van der Waals surface area contributed by atoms with E-state index < -0.39 is 0 Å². The number of rotatable bonds is 8. The molecule has 4 heteroatoms. The molecule has 19 heavy (non-hydrogen) atoms. The minimum absolute atomic E-state index is 0.226. The van der Waals surface area contributed by atoms with Crippen molar-refractivity contribution in [3.8, 4) is 0 Å². The van der Waals surface area contributed by atoms with Gasteiger partial charge in [-0.1, -0.05) is 19.4 Å². The first-order valence-corrected chi connectivity index (χ1v) is 7.38. The first kappa shape index (κ1) is 14.3. The summed E-state index contributed by atoms with van der Waals surface area (Å²) in [7, 11) is 0. The minimum Gasteiger partial charge on any atom is -0.395 e. The SMILES string of the molecule is CCCNc1cccc(CN(CCO)C2CCC2)n1. The Balaban J connectivity index is 1.95. The van der Waals surface area contributed by atoms with E-state index in [1.165, 1.54) is 19.3 Å². The van der Waals surface area contributed by atoms with Crippen molar-refractivity contribution in [2.75, 3.05) is 25.0 Å². The van der Waals surface area contributed by atoms with Crippen LogP contribution in [-0.2, 0) is 6.54 Å². The lowest BCUT2D eigenvalue weighted by atomic mass is 9.91. The number of anilines is 1. The zero-order valence-corrected chi connectivity index (χ0v) is 11.8. The van der Waals surface area contributed by atoms with E-state index in [0.717, 1.165) is 37.6 Å². The van der Waals surface area contributed by atoms with Gasteiger partial charge in [0.2, 0.25) is 0 Å². The molecule has 1 aromatic rings. The normalized spacial score (nSPS) is 15.5. The quantitative estimate of drug-likeness (QED) is 0.755. The molecule has 4 nitrogen and oxygen atoms in total. The van der Waals surface area contributed by atoms with Gasteiger partial charge in [-0.3, -0.25) is 4.90 Å². The van der Waals surface area contributed by atoms with E-state index in [1.807, 2.05) is 6.07 Å². The molecule has 1 heterocycles. The second-order valence-corrected chi connectivity index (χ2v) is 5.22. The van der Waals surface area contributed by atoms with Gasteiger partial charge in [0.15, 0.2) is 0 Å². The molecule has 2 rings (SSSR count). The number of hydrogen-bond donors (Lipinski definition) is 2. The van der Waals surface area contributed by atoms with E-state index in [2.05, 4.69) is 34.3 Å². The van der Waals surface area contributed by atoms with E-state index in [9.17, 15) is 5.11 Å². The Morgan fingerprint density at radius 1 is 1.42 bits per heavy atom. The molecule has 0 unspecified atom stereocenters. The van der Waals surface area contributed by atoms with E-state index in [0.29, 0.717) is 6.04 Å². The second kappa shape index (κ2) is 7.46. The predicted octanol–water partition coefficient (Wildman–Crippen LogP) is 2.25. The largest absolute Gasteiger partial charge is 0.395 e. The van der Waals surface area contributed by atoms with Gasteiger partial charge in [-0.05, 0) is 31.4 Å². The third-order valence-electron chi connectivity index (χ3n) is 3.71. The van der Waals surface area contributed by atoms with Crippen molar-refractivity contribution in [1.82, 2.24) is 9.88 Å². The second-order valence-electron chi connectivity index (χ2n) is 5.22. The number of aliphatic hydroxyl groups excluding tert-OH is 1. The number of nitrogens with one attached hydrogen (secondary N) is 1. The maximum atomic E-state index is 9.18. The highest BCUT2D eigenvalue weighted by Gasteiger charge is 2.24. The molecule has 0 radical (unpaired) electrons. The Labute approximate surface area is 115 Å². The van der Waals surface area contributed by atoms with Crippen LogP contribution in [0.15, 0.2) is 18.2 Å². The van der Waals surface area contributed by atoms with Gasteiger partial charge >= 0.3 is 0 Å². The van der Waals surface area contributed by atoms with Crippen molar-refractivity contribution >= 4 is 5.82 Å². The van der Waals surface area contributed by atoms with E-state index in [-0.39, 0.29) is 6.61 Å². The van der Waals surface area contributed by atoms with Gasteiger partial charge in [-0.25, -0.2) is 4.98 Å². The van der Waals surface area contributed by atoms with Gasteiger partial charge in [0, 0.05) is 25.7 Å². The van der Waals surface area contributed by atoms with Crippen LogP contribution in [-0.4, -0.2) is 40.7 Å². The van der Waals surface area contributed by atoms with Gasteiger partial charge in [-0.2, -0.15) is 0 Å². The molecule has 1 fully saturated rings. The molecule has 1 saturated carbocycles. The third kappa shape index (κ3) is 4.18. The van der Waals surface area contributed by atoms with E-state index in [4.69, 9.17) is 0 Å². The minimum atomic E-state index is 0.226. The van der Waals surface area contributed by atoms with Crippen molar-refractivity contribution in [2.24, 2.45) is 0 Å². The van der Waals surface area contributed by atoms with Crippen LogP contribution in [0.5, 0.6) is 0 Å². The molecule has 0 atom stereocenters. The summed E-state index contributed by atoms with van der Waals surface area (Å²) in [6.45, 7) is 4.92. The maximum absolute atomic E-state index is 9.18. The number of nitrogens with zero attached hydrogens (tertiary/aromatic N) is 2. The smallest absolute Gasteiger partial charge is 0.126 e. The first-order valence-electron chi connectivity index (χ1n) is 7.38. The average molecular weight is 263 g/mol. The van der Waals surface area contributed by atoms with Crippen LogP contribution in [0.1, 0.15) is 38.3 Å². The molecule has 0 aromatic carbocycles. The van der Waals surface area contributed by atoms with Crippen molar-refractivity contribution in [1.29, 1.82) is 0 Å². The summed E-state index contributed by atoms with van der Waals surface area (Å²) in [5.74, 6) is 0.955. The summed E-state index contributed by atoms with van der Waals surface area (Å²) in [6, 6.07) is 6.78. The lowest BCUT2D eigenvalue weighted by Gasteiger charge is -2.37. The maximum Gasteiger partial charge on any atom is 0.126 e. The Hall–Kier alpha value is -1.13. The summed E-state index contributed by atoms with van der Waals surface area (Å²) < 4.78 is 0. The summed E-state index contributed by atoms with van der Waals surface area (Å²) in [5, 5.41) is 12.5. The summed E-state index contributed by atoms with van der Waals surface area (Å²) >= 11 is 0. The van der Waals surface area contributed by atoms with Gasteiger partial charge in [-0.15, -0.1) is 0 Å². The van der Waals surface area contributed by atoms with Crippen LogP contribution in [0.4, 0.5) is 5.82 Å². The summed E-state index contributed by atoms with van der Waals surface area (Å²) in [6.07, 6.45) is 4.93. The Bertz CT molecular complexity index is 379. The molecular weight excluding hydrogens is 238 g/mol. The fourth-order valence-corrected chi connectivity index (χ4v) is 2.40. The van der Waals surface area contributed by atoms with Crippen LogP contribution in [0.3, 0.4) is 0 Å². The number of pyridine rings is 1. The van der Waals surface area contributed by atoms with Crippen LogP contribution in [0.2, 0.25) is 0 Å². The van der Waals surface area contributed by atoms with Crippen molar-refractivity contribution in [2.45, 2.75) is 45.2 Å². The van der Waals surface area contributed by atoms with Crippen molar-refractivity contribution in [3.05, 3.63) is 23.9 Å². The zero-order chi connectivity index (χ0) is 13.5. The van der Waals surface area contributed by atoms with Crippen LogP contribution < -0.4 is 5.32 Å². The van der Waals surface area contributed by atoms with Gasteiger partial charge in [0.25, 0.3) is 0 Å². The molecule has 0 bridgehead atoms. The molecule has 106 valence electrons. The molecule has 1 aliphatic carbocycles. The molecule has 1 aliphatic rings. The summed E-state index contributed by atoms with van der Waals surface area (Å²) in [4.78, 5) is 7.00. The van der Waals surface area contributed by atoms with E-state index >= 15 is 0 Å².